The maximum absolute atomic E-state index is 13.5. The molecular weight excluding hydrogens is 754 g/mol. The number of nitrogens with two attached hydrogens (primary N) is 1. The Morgan fingerprint density at radius 2 is 1.74 bits per heavy atom. The number of carbonyl (C=O) groups is 3. The van der Waals surface area contributed by atoms with Crippen LogP contribution in [0.3, 0.4) is 0 Å². The van der Waals surface area contributed by atoms with Crippen molar-refractivity contribution in [2.45, 2.75) is 64.6 Å². The van der Waals surface area contributed by atoms with Crippen molar-refractivity contribution < 1.29 is 37.0 Å². The van der Waals surface area contributed by atoms with Gasteiger partial charge in [0.1, 0.15) is 11.6 Å². The first-order valence-electron chi connectivity index (χ1n) is 19.5. The number of alkyl halides is 3. The number of ether oxygens (including phenoxy) is 2. The second kappa shape index (κ2) is 16.2. The SMILES string of the molecule is COc1cc2nc(C)nc(N[C@H](C)c3cc(N)cc(C(F)(F)F)c3)c2cc1OCC1(CN(C)C(=O)CC2CCN(c3ccc(N4CCC(=O)NC4=O)cc3)CC2)CC1. The lowest BCUT2D eigenvalue weighted by Gasteiger charge is -2.34. The summed E-state index contributed by atoms with van der Waals surface area (Å²) in [6.07, 6.45) is -0.194. The van der Waals surface area contributed by atoms with Crippen LogP contribution in [0.4, 0.5) is 40.8 Å². The second-order valence-corrected chi connectivity index (χ2v) is 15.8. The van der Waals surface area contributed by atoms with Crippen molar-refractivity contribution in [3.63, 3.8) is 0 Å². The summed E-state index contributed by atoms with van der Waals surface area (Å²) in [7, 11) is 3.40. The molecule has 16 heteroatoms. The summed E-state index contributed by atoms with van der Waals surface area (Å²) in [5, 5.41) is 6.22. The number of hydrogen-bond donors (Lipinski definition) is 3. The van der Waals surface area contributed by atoms with Crippen molar-refractivity contribution in [2.24, 2.45) is 11.3 Å². The third-order valence-corrected chi connectivity index (χ3v) is 11.4. The van der Waals surface area contributed by atoms with Gasteiger partial charge < -0.3 is 30.3 Å². The van der Waals surface area contributed by atoms with Crippen LogP contribution in [0.2, 0.25) is 0 Å². The molecule has 4 aromatic rings. The van der Waals surface area contributed by atoms with E-state index in [0.717, 1.165) is 62.3 Å². The molecule has 0 unspecified atom stereocenters. The Balaban J connectivity index is 0.943. The Labute approximate surface area is 335 Å². The standard InChI is InChI=1S/C42H49F3N8O5/c1-25(28-18-29(42(43,44)45)20-30(46)19-28)47-39-33-21-36(35(57-4)22-34(33)48-26(2)49-39)58-24-41(12-13-41)23-51(3)38(55)17-27-9-14-52(15-10-27)31-5-7-32(8-6-31)53-16-11-37(54)50-40(53)56/h5-8,18-22,25,27H,9-17,23-24,46H2,1-4H3,(H,47,48,49)(H,50,54,56)/t25-/m1/s1. The van der Waals surface area contributed by atoms with Crippen LogP contribution >= 0.6 is 0 Å². The van der Waals surface area contributed by atoms with E-state index in [1.54, 1.807) is 38.0 Å². The highest BCUT2D eigenvalue weighted by Crippen LogP contribution is 2.47. The first-order chi connectivity index (χ1) is 27.6. The van der Waals surface area contributed by atoms with Crippen molar-refractivity contribution in [1.29, 1.82) is 0 Å². The molecule has 3 aliphatic rings. The molecule has 4 amide bonds. The first-order valence-corrected chi connectivity index (χ1v) is 19.5. The summed E-state index contributed by atoms with van der Waals surface area (Å²) in [6.45, 7) is 6.40. The quantitative estimate of drug-likeness (QED) is 0.119. The van der Waals surface area contributed by atoms with Crippen LogP contribution in [0.15, 0.2) is 54.6 Å². The van der Waals surface area contributed by atoms with Gasteiger partial charge in [0.05, 0.1) is 30.8 Å². The lowest BCUT2D eigenvalue weighted by atomic mass is 9.92. The van der Waals surface area contributed by atoms with Gasteiger partial charge in [-0.3, -0.25) is 19.8 Å². The summed E-state index contributed by atoms with van der Waals surface area (Å²) >= 11 is 0. The number of rotatable bonds is 13. The molecule has 308 valence electrons. The van der Waals surface area contributed by atoms with Crippen molar-refractivity contribution in [3.05, 3.63) is 71.5 Å². The Kier molecular flexibility index (Phi) is 11.3. The summed E-state index contributed by atoms with van der Waals surface area (Å²) in [4.78, 5) is 52.1. The van der Waals surface area contributed by atoms with E-state index in [0.29, 0.717) is 65.7 Å². The highest BCUT2D eigenvalue weighted by Gasteiger charge is 2.45. The number of nitrogen functional groups attached to an aromatic ring is 1. The van der Waals surface area contributed by atoms with Gasteiger partial charge in [-0.15, -0.1) is 0 Å². The molecule has 2 saturated heterocycles. The zero-order chi connectivity index (χ0) is 41.4. The van der Waals surface area contributed by atoms with E-state index in [1.807, 2.05) is 36.2 Å². The number of urea groups is 1. The molecule has 0 spiro atoms. The third-order valence-electron chi connectivity index (χ3n) is 11.4. The number of aryl methyl sites for hydroxylation is 1. The fourth-order valence-corrected chi connectivity index (χ4v) is 7.81. The molecule has 7 rings (SSSR count). The number of fused-ring (bicyclic) bond motifs is 1. The van der Waals surface area contributed by atoms with Gasteiger partial charge in [-0.25, -0.2) is 14.8 Å². The van der Waals surface area contributed by atoms with Gasteiger partial charge in [-0.2, -0.15) is 13.2 Å². The monoisotopic (exact) mass is 802 g/mol. The van der Waals surface area contributed by atoms with E-state index in [1.165, 1.54) is 6.07 Å². The van der Waals surface area contributed by atoms with Crippen LogP contribution in [0.25, 0.3) is 10.9 Å². The van der Waals surface area contributed by atoms with Gasteiger partial charge in [-0.05, 0) is 99.5 Å². The minimum Gasteiger partial charge on any atom is -0.493 e. The van der Waals surface area contributed by atoms with E-state index in [4.69, 9.17) is 15.2 Å². The molecule has 4 N–H and O–H groups in total. The molecule has 3 aromatic carbocycles. The number of amides is 4. The van der Waals surface area contributed by atoms with Crippen molar-refractivity contribution in [2.75, 3.05) is 67.8 Å². The van der Waals surface area contributed by atoms with E-state index in [-0.39, 0.29) is 35.3 Å². The number of methoxy groups -OCH3 is 1. The highest BCUT2D eigenvalue weighted by molar-refractivity contribution is 6.05. The predicted octanol–water partition coefficient (Wildman–Crippen LogP) is 7.09. The number of aromatic nitrogens is 2. The number of carbonyl (C=O) groups excluding carboxylic acids is 3. The molecular formula is C42H49F3N8O5. The maximum atomic E-state index is 13.5. The second-order valence-electron chi connectivity index (χ2n) is 15.8. The maximum Gasteiger partial charge on any atom is 0.416 e. The molecule has 58 heavy (non-hydrogen) atoms. The van der Waals surface area contributed by atoms with Gasteiger partial charge in [0.15, 0.2) is 11.5 Å². The van der Waals surface area contributed by atoms with Crippen LogP contribution in [0.1, 0.15) is 68.4 Å². The van der Waals surface area contributed by atoms with Crippen molar-refractivity contribution in [1.82, 2.24) is 20.2 Å². The first kappa shape index (κ1) is 40.4. The fraction of sp³-hybridized carbons (Fsp3) is 0.452. The van der Waals surface area contributed by atoms with Gasteiger partial charge in [0.2, 0.25) is 11.8 Å². The number of nitrogens with one attached hydrogen (secondary N) is 2. The third kappa shape index (κ3) is 9.16. The average Bonchev–Trinajstić information content (AvgIpc) is 3.95. The van der Waals surface area contributed by atoms with Crippen LogP contribution in [-0.4, -0.2) is 79.7 Å². The van der Waals surface area contributed by atoms with Crippen molar-refractivity contribution >= 4 is 51.6 Å². The van der Waals surface area contributed by atoms with E-state index in [9.17, 15) is 27.6 Å². The fourth-order valence-electron chi connectivity index (χ4n) is 7.81. The van der Waals surface area contributed by atoms with Gasteiger partial charge in [0.25, 0.3) is 0 Å². The summed E-state index contributed by atoms with van der Waals surface area (Å²) in [5.74, 6) is 1.96. The predicted molar refractivity (Wildman–Crippen MR) is 215 cm³/mol. The number of hydrogen-bond acceptors (Lipinski definition) is 10. The lowest BCUT2D eigenvalue weighted by molar-refractivity contribution is -0.137. The number of benzene rings is 3. The number of piperidine rings is 1. The smallest absolute Gasteiger partial charge is 0.416 e. The zero-order valence-electron chi connectivity index (χ0n) is 33.1. The molecule has 1 aromatic heterocycles. The Morgan fingerprint density at radius 1 is 1.03 bits per heavy atom. The normalized spacial score (nSPS) is 17.5. The number of anilines is 4. The van der Waals surface area contributed by atoms with E-state index >= 15 is 0 Å². The molecule has 13 nitrogen and oxygen atoms in total. The molecule has 3 heterocycles. The van der Waals surface area contributed by atoms with Crippen LogP contribution < -0.4 is 35.6 Å². The highest BCUT2D eigenvalue weighted by atomic mass is 19.4. The number of nitrogens with zero attached hydrogens (tertiary/aromatic N) is 5. The number of halogens is 3. The van der Waals surface area contributed by atoms with Crippen LogP contribution in [0.5, 0.6) is 11.5 Å². The lowest BCUT2D eigenvalue weighted by Crippen LogP contribution is -2.49. The average molecular weight is 803 g/mol. The minimum atomic E-state index is -4.54. The summed E-state index contributed by atoms with van der Waals surface area (Å²) in [5.41, 5.74) is 7.57. The Morgan fingerprint density at radius 3 is 2.40 bits per heavy atom. The van der Waals surface area contributed by atoms with Gasteiger partial charge >= 0.3 is 12.2 Å². The Bertz CT molecular complexity index is 2190. The molecule has 1 saturated carbocycles. The van der Waals surface area contributed by atoms with Crippen molar-refractivity contribution in [3.8, 4) is 11.5 Å². The van der Waals surface area contributed by atoms with Gasteiger partial charge in [0, 0.05) is 80.0 Å². The van der Waals surface area contributed by atoms with E-state index in [2.05, 4.69) is 25.5 Å². The molecule has 0 radical (unpaired) electrons. The Hall–Kier alpha value is -5.80. The summed E-state index contributed by atoms with van der Waals surface area (Å²) < 4.78 is 52.7. The largest absolute Gasteiger partial charge is 0.493 e. The van der Waals surface area contributed by atoms with Gasteiger partial charge in [-0.1, -0.05) is 0 Å². The zero-order valence-corrected chi connectivity index (χ0v) is 33.1. The van der Waals surface area contributed by atoms with Crippen LogP contribution in [-0.2, 0) is 15.8 Å². The minimum absolute atomic E-state index is 0.0118. The number of imide groups is 1. The molecule has 1 atom stereocenters. The topological polar surface area (TPSA) is 155 Å². The molecule has 1 aliphatic carbocycles. The summed E-state index contributed by atoms with van der Waals surface area (Å²) in [6, 6.07) is 13.9. The van der Waals surface area contributed by atoms with Crippen LogP contribution in [0, 0.1) is 18.3 Å². The molecule has 0 bridgehead atoms. The molecule has 3 fully saturated rings. The van der Waals surface area contributed by atoms with E-state index < -0.39 is 23.8 Å². The molecule has 2 aliphatic heterocycles.